The minimum absolute atomic E-state index is 0.0720. The number of aliphatic hydroxyl groups is 4. The van der Waals surface area contributed by atoms with Crippen LogP contribution in [-0.2, 0) is 4.74 Å². The third-order valence-electron chi connectivity index (χ3n) is 5.23. The average Bonchev–Trinajstić information content (AvgIpc) is 2.76. The second-order valence-electron chi connectivity index (χ2n) is 7.48. The van der Waals surface area contributed by atoms with Crippen molar-refractivity contribution >= 4 is 11.0 Å². The summed E-state index contributed by atoms with van der Waals surface area (Å²) in [7, 11) is 0. The largest absolute Gasteiger partial charge is 0.508 e. The van der Waals surface area contributed by atoms with Gasteiger partial charge >= 0.3 is 0 Å². The number of hydrogen-bond acceptors (Lipinski definition) is 12. The highest BCUT2D eigenvalue weighted by Crippen LogP contribution is 2.38. The summed E-state index contributed by atoms with van der Waals surface area (Å²) in [6.07, 6.45) is -8.39. The molecule has 2 heterocycles. The second-order valence-corrected chi connectivity index (χ2v) is 7.48. The smallest absolute Gasteiger partial charge is 0.239 e. The second kappa shape index (κ2) is 8.42. The van der Waals surface area contributed by atoms with Crippen LogP contribution >= 0.6 is 0 Å². The maximum absolute atomic E-state index is 13.2. The first-order valence-electron chi connectivity index (χ1n) is 9.64. The Balaban J connectivity index is 1.81. The molecule has 0 unspecified atom stereocenters. The predicted molar refractivity (Wildman–Crippen MR) is 109 cm³/mol. The van der Waals surface area contributed by atoms with Crippen LogP contribution in [0.2, 0.25) is 0 Å². The van der Waals surface area contributed by atoms with Gasteiger partial charge < -0.3 is 54.7 Å². The highest BCUT2D eigenvalue weighted by atomic mass is 16.6. The van der Waals surface area contributed by atoms with Gasteiger partial charge in [0.2, 0.25) is 11.2 Å². The Morgan fingerprint density at radius 1 is 0.848 bits per heavy atom. The molecule has 33 heavy (non-hydrogen) atoms. The third kappa shape index (κ3) is 4.01. The molecule has 1 saturated heterocycles. The van der Waals surface area contributed by atoms with Crippen LogP contribution in [0.5, 0.6) is 28.7 Å². The number of ether oxygens (including phenoxy) is 2. The molecule has 0 amide bonds. The summed E-state index contributed by atoms with van der Waals surface area (Å²) >= 11 is 0. The van der Waals surface area contributed by atoms with Crippen molar-refractivity contribution in [3.63, 3.8) is 0 Å². The van der Waals surface area contributed by atoms with E-state index in [-0.39, 0.29) is 22.3 Å². The molecule has 1 aromatic heterocycles. The molecule has 1 fully saturated rings. The fourth-order valence-electron chi connectivity index (χ4n) is 3.49. The zero-order chi connectivity index (χ0) is 24.0. The van der Waals surface area contributed by atoms with Crippen LogP contribution in [0.1, 0.15) is 0 Å². The third-order valence-corrected chi connectivity index (χ3v) is 5.23. The summed E-state index contributed by atoms with van der Waals surface area (Å²) in [5.41, 5.74) is -1.03. The van der Waals surface area contributed by atoms with Gasteiger partial charge in [-0.3, -0.25) is 4.79 Å². The lowest BCUT2D eigenvalue weighted by Gasteiger charge is -2.38. The summed E-state index contributed by atoms with van der Waals surface area (Å²) < 4.78 is 16.2. The predicted octanol–water partition coefficient (Wildman–Crippen LogP) is -0.539. The normalized spacial score (nSPS) is 25.3. The van der Waals surface area contributed by atoms with Crippen LogP contribution in [0, 0.1) is 0 Å². The number of phenols is 4. The molecule has 5 atom stereocenters. The van der Waals surface area contributed by atoms with Crippen molar-refractivity contribution in [2.45, 2.75) is 30.7 Å². The summed E-state index contributed by atoms with van der Waals surface area (Å²) in [5, 5.41) is 78.2. The summed E-state index contributed by atoms with van der Waals surface area (Å²) in [6, 6.07) is 5.49. The van der Waals surface area contributed by atoms with Crippen molar-refractivity contribution in [3.05, 3.63) is 40.6 Å². The van der Waals surface area contributed by atoms with Gasteiger partial charge in [-0.1, -0.05) is 0 Å². The van der Waals surface area contributed by atoms with Gasteiger partial charge in [-0.2, -0.15) is 0 Å². The lowest BCUT2D eigenvalue weighted by atomic mass is 9.99. The van der Waals surface area contributed by atoms with E-state index in [2.05, 4.69) is 0 Å². The molecule has 4 rings (SSSR count). The van der Waals surface area contributed by atoms with E-state index in [0.29, 0.717) is 0 Å². The van der Waals surface area contributed by atoms with Crippen LogP contribution in [-0.4, -0.2) is 78.2 Å². The van der Waals surface area contributed by atoms with Gasteiger partial charge in [0.15, 0.2) is 23.5 Å². The number of aliphatic hydroxyl groups excluding tert-OH is 4. The molecule has 8 N–H and O–H groups in total. The number of hydrogen-bond donors (Lipinski definition) is 8. The van der Waals surface area contributed by atoms with E-state index in [1.54, 1.807) is 0 Å². The molecular weight excluding hydrogens is 444 g/mol. The van der Waals surface area contributed by atoms with E-state index in [4.69, 9.17) is 13.9 Å². The molecular formula is C21H20O12. The Morgan fingerprint density at radius 2 is 1.58 bits per heavy atom. The Labute approximate surface area is 184 Å². The Kier molecular flexibility index (Phi) is 5.78. The zero-order valence-electron chi connectivity index (χ0n) is 16.7. The Bertz CT molecular complexity index is 1250. The number of rotatable bonds is 4. The first-order chi connectivity index (χ1) is 15.6. The van der Waals surface area contributed by atoms with Gasteiger partial charge in [0, 0.05) is 17.7 Å². The lowest BCUT2D eigenvalue weighted by Crippen LogP contribution is -2.58. The number of phenolic OH excluding ortho intramolecular Hbond substituents is 4. The lowest BCUT2D eigenvalue weighted by molar-refractivity contribution is -0.285. The zero-order valence-corrected chi connectivity index (χ0v) is 16.7. The van der Waals surface area contributed by atoms with Crippen molar-refractivity contribution in [1.82, 2.24) is 0 Å². The highest BCUT2D eigenvalue weighted by molar-refractivity contribution is 5.88. The molecule has 0 bridgehead atoms. The molecule has 12 nitrogen and oxygen atoms in total. The van der Waals surface area contributed by atoms with Crippen LogP contribution in [0.15, 0.2) is 39.5 Å². The number of benzene rings is 2. The SMILES string of the molecule is O=c1c(OC[C@H]2O[C@H](O)[C@H](O)[C@@H](O)[C@@H]2O)c(-c2ccc(O)c(O)c2)oc2cc(O)cc(O)c12. The van der Waals surface area contributed by atoms with Crippen molar-refractivity contribution in [2.75, 3.05) is 6.61 Å². The van der Waals surface area contributed by atoms with Gasteiger partial charge in [-0.25, -0.2) is 0 Å². The first-order valence-corrected chi connectivity index (χ1v) is 9.64. The van der Waals surface area contributed by atoms with E-state index in [1.807, 2.05) is 0 Å². The Hall–Kier alpha value is -3.55. The maximum atomic E-state index is 13.2. The summed E-state index contributed by atoms with van der Waals surface area (Å²) in [4.78, 5) is 13.2. The first kappa shape index (κ1) is 22.6. The van der Waals surface area contributed by atoms with Crippen LogP contribution in [0.3, 0.4) is 0 Å². The molecule has 3 aromatic rings. The van der Waals surface area contributed by atoms with Crippen LogP contribution in [0.25, 0.3) is 22.3 Å². The molecule has 0 radical (unpaired) electrons. The molecule has 2 aromatic carbocycles. The monoisotopic (exact) mass is 464 g/mol. The molecule has 176 valence electrons. The van der Waals surface area contributed by atoms with Crippen molar-refractivity contribution in [3.8, 4) is 40.1 Å². The van der Waals surface area contributed by atoms with E-state index in [0.717, 1.165) is 24.3 Å². The van der Waals surface area contributed by atoms with Crippen molar-refractivity contribution in [1.29, 1.82) is 0 Å². The van der Waals surface area contributed by atoms with Gasteiger partial charge in [0.1, 0.15) is 53.5 Å². The van der Waals surface area contributed by atoms with Gasteiger partial charge in [-0.05, 0) is 18.2 Å². The Morgan fingerprint density at radius 3 is 2.27 bits per heavy atom. The molecule has 12 heteroatoms. The van der Waals surface area contributed by atoms with E-state index >= 15 is 0 Å². The van der Waals surface area contributed by atoms with Gasteiger partial charge in [0.25, 0.3) is 0 Å². The van der Waals surface area contributed by atoms with Crippen molar-refractivity contribution < 1.29 is 54.7 Å². The average molecular weight is 464 g/mol. The van der Waals surface area contributed by atoms with E-state index in [1.165, 1.54) is 6.07 Å². The van der Waals surface area contributed by atoms with Crippen molar-refractivity contribution in [2.24, 2.45) is 0 Å². The van der Waals surface area contributed by atoms with Gasteiger partial charge in [0.05, 0.1) is 0 Å². The van der Waals surface area contributed by atoms with Crippen LogP contribution < -0.4 is 10.2 Å². The number of aromatic hydroxyl groups is 4. The van der Waals surface area contributed by atoms with Crippen LogP contribution in [0.4, 0.5) is 0 Å². The molecule has 0 spiro atoms. The summed E-state index contributed by atoms with van der Waals surface area (Å²) in [5.74, 6) is -2.74. The molecule has 1 aliphatic heterocycles. The molecule has 1 aliphatic rings. The molecule has 0 aliphatic carbocycles. The fourth-order valence-corrected chi connectivity index (χ4v) is 3.49. The van der Waals surface area contributed by atoms with Gasteiger partial charge in [-0.15, -0.1) is 0 Å². The number of fused-ring (bicyclic) bond motifs is 1. The molecule has 0 saturated carbocycles. The maximum Gasteiger partial charge on any atom is 0.239 e. The van der Waals surface area contributed by atoms with E-state index in [9.17, 15) is 45.6 Å². The minimum atomic E-state index is -1.83. The topological polar surface area (TPSA) is 211 Å². The fraction of sp³-hybridized carbons (Fsp3) is 0.286. The van der Waals surface area contributed by atoms with E-state index < -0.39 is 71.5 Å². The minimum Gasteiger partial charge on any atom is -0.508 e. The summed E-state index contributed by atoms with van der Waals surface area (Å²) in [6.45, 7) is -0.603. The quantitative estimate of drug-likeness (QED) is 0.229. The highest BCUT2D eigenvalue weighted by Gasteiger charge is 2.43. The standard InChI is InChI=1S/C21H20O12/c22-8-4-11(25)14-12(5-8)32-19(7-1-2-9(23)10(24)3-7)20(16(14)27)31-6-13-15(26)17(28)18(29)21(30)33-13/h1-5,13,15,17-18,21-26,28-30H,6H2/t13-,15-,17+,18-,21+/m1/s1.